The van der Waals surface area contributed by atoms with E-state index in [1.54, 1.807) is 0 Å². The van der Waals surface area contributed by atoms with Crippen molar-refractivity contribution in [2.45, 2.75) is 6.92 Å². The van der Waals surface area contributed by atoms with Crippen LogP contribution in [0.1, 0.15) is 16.9 Å². The van der Waals surface area contributed by atoms with Crippen LogP contribution in [0.3, 0.4) is 0 Å². The highest BCUT2D eigenvalue weighted by molar-refractivity contribution is 6.21. The van der Waals surface area contributed by atoms with Crippen LogP contribution in [0.25, 0.3) is 77.2 Å². The monoisotopic (exact) mass is 562 g/mol. The van der Waals surface area contributed by atoms with Crippen molar-refractivity contribution in [3.05, 3.63) is 169 Å². The van der Waals surface area contributed by atoms with E-state index in [0.29, 0.717) is 0 Å². The van der Waals surface area contributed by atoms with E-state index in [2.05, 4.69) is 135 Å². The molecule has 0 amide bonds. The molecule has 0 aliphatic heterocycles. The lowest BCUT2D eigenvalue weighted by Crippen LogP contribution is -1.91. The Morgan fingerprint density at radius 2 is 1.07 bits per heavy atom. The highest BCUT2D eigenvalue weighted by Crippen LogP contribution is 2.44. The van der Waals surface area contributed by atoms with Crippen molar-refractivity contribution in [1.82, 2.24) is 0 Å². The van der Waals surface area contributed by atoms with Gasteiger partial charge in [-0.25, -0.2) is 0 Å². The molecule has 1 aromatic heterocycles. The van der Waals surface area contributed by atoms with Crippen LogP contribution in [0.4, 0.5) is 0 Å². The van der Waals surface area contributed by atoms with Crippen molar-refractivity contribution in [3.8, 4) is 22.3 Å². The third kappa shape index (κ3) is 4.33. The molecule has 1 heteroatoms. The second kappa shape index (κ2) is 10.6. The van der Waals surface area contributed by atoms with Crippen molar-refractivity contribution in [3.63, 3.8) is 0 Å². The fourth-order valence-corrected chi connectivity index (χ4v) is 6.57. The van der Waals surface area contributed by atoms with E-state index in [9.17, 15) is 0 Å². The minimum Gasteiger partial charge on any atom is -0.456 e. The third-order valence-electron chi connectivity index (χ3n) is 8.83. The summed E-state index contributed by atoms with van der Waals surface area (Å²) in [7, 11) is 0. The molecule has 0 atom stereocenters. The molecule has 8 rings (SSSR count). The SMILES string of the molecule is C=C(/C=C\c1oc2ccccc2c1C)c1ccc(-c2c3ccccc3c(-c3ccc4ccccc4c3)c3ccccc23)cc1. The minimum atomic E-state index is 0.869. The number of para-hydroxylation sites is 1. The number of fused-ring (bicyclic) bond motifs is 4. The second-order valence-corrected chi connectivity index (χ2v) is 11.4. The lowest BCUT2D eigenvalue weighted by molar-refractivity contribution is 0.601. The van der Waals surface area contributed by atoms with Gasteiger partial charge in [-0.1, -0.05) is 140 Å². The van der Waals surface area contributed by atoms with E-state index in [1.807, 2.05) is 30.4 Å². The Morgan fingerprint density at radius 3 is 1.70 bits per heavy atom. The van der Waals surface area contributed by atoms with Gasteiger partial charge in [0.2, 0.25) is 0 Å². The number of allylic oxidation sites excluding steroid dienone is 2. The van der Waals surface area contributed by atoms with Gasteiger partial charge >= 0.3 is 0 Å². The normalized spacial score (nSPS) is 11.8. The highest BCUT2D eigenvalue weighted by Gasteiger charge is 2.17. The molecule has 0 saturated carbocycles. The van der Waals surface area contributed by atoms with Gasteiger partial charge in [0.15, 0.2) is 0 Å². The Kier molecular flexibility index (Phi) is 6.24. The van der Waals surface area contributed by atoms with Crippen molar-refractivity contribution in [2.24, 2.45) is 0 Å². The molecule has 0 spiro atoms. The van der Waals surface area contributed by atoms with E-state index >= 15 is 0 Å². The van der Waals surface area contributed by atoms with Gasteiger partial charge in [0.05, 0.1) is 0 Å². The summed E-state index contributed by atoms with van der Waals surface area (Å²) < 4.78 is 6.08. The minimum absolute atomic E-state index is 0.869. The molecule has 0 N–H and O–H groups in total. The highest BCUT2D eigenvalue weighted by atomic mass is 16.3. The first-order valence-electron chi connectivity index (χ1n) is 15.0. The zero-order valence-corrected chi connectivity index (χ0v) is 24.5. The van der Waals surface area contributed by atoms with Crippen LogP contribution < -0.4 is 0 Å². The van der Waals surface area contributed by atoms with Crippen LogP contribution in [-0.2, 0) is 0 Å². The largest absolute Gasteiger partial charge is 0.456 e. The van der Waals surface area contributed by atoms with Crippen LogP contribution in [0.2, 0.25) is 0 Å². The molecular formula is C43H30O. The van der Waals surface area contributed by atoms with Gasteiger partial charge in [-0.05, 0) is 90.8 Å². The van der Waals surface area contributed by atoms with E-state index in [1.165, 1.54) is 54.6 Å². The summed E-state index contributed by atoms with van der Waals surface area (Å²) in [5, 5.41) is 8.67. The summed E-state index contributed by atoms with van der Waals surface area (Å²) in [6.07, 6.45) is 4.07. The molecule has 1 nitrogen and oxygen atoms in total. The van der Waals surface area contributed by atoms with E-state index in [-0.39, 0.29) is 0 Å². The number of aryl methyl sites for hydroxylation is 1. The second-order valence-electron chi connectivity index (χ2n) is 11.4. The van der Waals surface area contributed by atoms with Gasteiger partial charge in [0.1, 0.15) is 11.3 Å². The summed E-state index contributed by atoms with van der Waals surface area (Å²) in [5.41, 5.74) is 9.04. The van der Waals surface area contributed by atoms with Gasteiger partial charge in [-0.3, -0.25) is 0 Å². The molecule has 1 heterocycles. The van der Waals surface area contributed by atoms with Crippen molar-refractivity contribution in [2.75, 3.05) is 0 Å². The molecule has 0 aliphatic carbocycles. The molecule has 0 aliphatic rings. The Labute approximate surface area is 257 Å². The van der Waals surface area contributed by atoms with E-state index < -0.39 is 0 Å². The summed E-state index contributed by atoms with van der Waals surface area (Å²) in [4.78, 5) is 0. The lowest BCUT2D eigenvalue weighted by Gasteiger charge is -2.18. The number of rotatable bonds is 5. The lowest BCUT2D eigenvalue weighted by atomic mass is 9.85. The first-order chi connectivity index (χ1) is 21.7. The summed E-state index contributed by atoms with van der Waals surface area (Å²) in [6.45, 7) is 6.46. The van der Waals surface area contributed by atoms with Crippen LogP contribution in [0.5, 0.6) is 0 Å². The van der Waals surface area contributed by atoms with Gasteiger partial charge in [-0.15, -0.1) is 0 Å². The molecule has 0 saturated heterocycles. The quantitative estimate of drug-likeness (QED) is 0.150. The Balaban J connectivity index is 1.21. The number of hydrogen-bond acceptors (Lipinski definition) is 1. The maximum Gasteiger partial charge on any atom is 0.135 e. The van der Waals surface area contributed by atoms with Crippen LogP contribution >= 0.6 is 0 Å². The van der Waals surface area contributed by atoms with Gasteiger partial charge < -0.3 is 4.42 Å². The fraction of sp³-hybridized carbons (Fsp3) is 0.0233. The van der Waals surface area contributed by atoms with Crippen LogP contribution in [0, 0.1) is 6.92 Å². The molecule has 7 aromatic carbocycles. The predicted octanol–water partition coefficient (Wildman–Crippen LogP) is 12.3. The predicted molar refractivity (Wildman–Crippen MR) is 189 cm³/mol. The zero-order chi connectivity index (χ0) is 29.6. The average molecular weight is 563 g/mol. The van der Waals surface area contributed by atoms with Gasteiger partial charge in [0.25, 0.3) is 0 Å². The molecule has 44 heavy (non-hydrogen) atoms. The van der Waals surface area contributed by atoms with Gasteiger partial charge in [-0.2, -0.15) is 0 Å². The summed E-state index contributed by atoms with van der Waals surface area (Å²) in [6, 6.07) is 50.0. The first kappa shape index (κ1) is 26.0. The Bertz CT molecular complexity index is 2340. The maximum absolute atomic E-state index is 6.08. The Morgan fingerprint density at radius 1 is 0.545 bits per heavy atom. The van der Waals surface area contributed by atoms with Crippen molar-refractivity contribution < 1.29 is 4.42 Å². The van der Waals surface area contributed by atoms with E-state index in [4.69, 9.17) is 4.42 Å². The topological polar surface area (TPSA) is 13.1 Å². The first-order valence-corrected chi connectivity index (χ1v) is 15.0. The molecule has 208 valence electrons. The van der Waals surface area contributed by atoms with Crippen LogP contribution in [-0.4, -0.2) is 0 Å². The molecular weight excluding hydrogens is 532 g/mol. The van der Waals surface area contributed by atoms with Gasteiger partial charge in [0, 0.05) is 10.9 Å². The van der Waals surface area contributed by atoms with E-state index in [0.717, 1.165) is 33.4 Å². The fourth-order valence-electron chi connectivity index (χ4n) is 6.57. The Hall–Kier alpha value is -5.66. The number of furan rings is 1. The van der Waals surface area contributed by atoms with Crippen LogP contribution in [0.15, 0.2) is 157 Å². The van der Waals surface area contributed by atoms with Crippen molar-refractivity contribution >= 4 is 54.9 Å². The molecule has 0 fully saturated rings. The summed E-state index contributed by atoms with van der Waals surface area (Å²) >= 11 is 0. The standard InChI is InChI=1S/C43H30O/c1-28(19-26-40-29(2)35-13-9-10-18-41(35)44-40)30-20-23-32(24-21-30)42-36-14-5-7-16-38(36)43(39-17-8-6-15-37(39)42)34-25-22-31-11-3-4-12-33(31)27-34/h3-27H,1H2,2H3/b26-19-. The molecule has 0 radical (unpaired) electrons. The van der Waals surface area contributed by atoms with Crippen molar-refractivity contribution in [1.29, 1.82) is 0 Å². The number of hydrogen-bond donors (Lipinski definition) is 0. The zero-order valence-electron chi connectivity index (χ0n) is 24.5. The third-order valence-corrected chi connectivity index (χ3v) is 8.83. The molecule has 8 aromatic rings. The molecule has 0 bridgehead atoms. The molecule has 0 unspecified atom stereocenters. The average Bonchev–Trinajstić information content (AvgIpc) is 3.40. The maximum atomic E-state index is 6.08. The smallest absolute Gasteiger partial charge is 0.135 e. The summed E-state index contributed by atoms with van der Waals surface area (Å²) in [5.74, 6) is 0.869. The number of benzene rings is 7.